The van der Waals surface area contributed by atoms with Gasteiger partial charge in [-0.25, -0.2) is 0 Å². The van der Waals surface area contributed by atoms with Crippen LogP contribution < -0.4 is 0 Å². The Bertz CT molecular complexity index is 79.0. The molecule has 0 spiro atoms. The standard InChI is InChI=1S/C10H24P2.Au/c1-3-5-7-9-12(11)10-8-6-4-2;/h3-11H2,1-2H3;. The first-order valence-corrected chi connectivity index (χ1v) is 8.64. The smallest absolute Gasteiger partial charge is 0 e. The van der Waals surface area contributed by atoms with Crippen molar-refractivity contribution in [3.8, 4) is 0 Å². The fourth-order valence-corrected chi connectivity index (χ4v) is 3.82. The maximum absolute atomic E-state index is 3.06. The summed E-state index contributed by atoms with van der Waals surface area (Å²) < 4.78 is 0. The molecule has 1 atom stereocenters. The van der Waals surface area contributed by atoms with E-state index in [0.717, 1.165) is 0 Å². The third-order valence-corrected chi connectivity index (χ3v) is 5.43. The Morgan fingerprint density at radius 3 is 1.54 bits per heavy atom. The van der Waals surface area contributed by atoms with Crippen molar-refractivity contribution in [1.82, 2.24) is 0 Å². The van der Waals surface area contributed by atoms with Gasteiger partial charge in [-0.2, -0.15) is 0 Å². The molecule has 0 N–H and O–H groups in total. The van der Waals surface area contributed by atoms with Gasteiger partial charge in [-0.15, -0.1) is 8.93 Å². The Balaban J connectivity index is 0. The molecule has 0 amide bonds. The molecule has 3 heteroatoms. The number of hydrogen-bond acceptors (Lipinski definition) is 0. The molecule has 0 saturated heterocycles. The van der Waals surface area contributed by atoms with Gasteiger partial charge in [0.25, 0.3) is 0 Å². The van der Waals surface area contributed by atoms with Crippen LogP contribution in [0.3, 0.4) is 0 Å². The van der Waals surface area contributed by atoms with E-state index in [1.807, 2.05) is 0 Å². The quantitative estimate of drug-likeness (QED) is 0.315. The molecule has 0 aliphatic rings. The zero-order valence-electron chi connectivity index (χ0n) is 8.98. The van der Waals surface area contributed by atoms with Crippen molar-refractivity contribution in [2.24, 2.45) is 0 Å². The van der Waals surface area contributed by atoms with Crippen molar-refractivity contribution in [1.29, 1.82) is 0 Å². The molecule has 0 aromatic rings. The molecular weight excluding hydrogens is 379 g/mol. The van der Waals surface area contributed by atoms with Crippen LogP contribution in [0, 0.1) is 0 Å². The molecule has 13 heavy (non-hydrogen) atoms. The largest absolute Gasteiger partial charge is 0.111 e. The molecule has 0 aromatic heterocycles. The van der Waals surface area contributed by atoms with Crippen LogP contribution in [-0.4, -0.2) is 12.3 Å². The summed E-state index contributed by atoms with van der Waals surface area (Å²) in [4.78, 5) is 0. The first-order valence-electron chi connectivity index (χ1n) is 5.30. The van der Waals surface area contributed by atoms with Crippen molar-refractivity contribution >= 4 is 16.5 Å². The maximum atomic E-state index is 3.06. The van der Waals surface area contributed by atoms with Crippen molar-refractivity contribution < 1.29 is 22.4 Å². The monoisotopic (exact) mass is 403 g/mol. The Morgan fingerprint density at radius 2 is 1.23 bits per heavy atom. The van der Waals surface area contributed by atoms with Gasteiger partial charge in [0.15, 0.2) is 0 Å². The van der Waals surface area contributed by atoms with Gasteiger partial charge >= 0.3 is 0 Å². The van der Waals surface area contributed by atoms with Gasteiger partial charge in [-0.1, -0.05) is 47.1 Å². The van der Waals surface area contributed by atoms with Crippen LogP contribution in [0.15, 0.2) is 0 Å². The molecule has 0 bridgehead atoms. The topological polar surface area (TPSA) is 0 Å². The normalized spacial score (nSPS) is 10.2. The minimum Gasteiger partial charge on any atom is -0.111 e. The van der Waals surface area contributed by atoms with Crippen LogP contribution >= 0.6 is 16.5 Å². The van der Waals surface area contributed by atoms with Crippen LogP contribution in [0.2, 0.25) is 0 Å². The molecule has 1 radical (unpaired) electrons. The molecule has 0 heterocycles. The molecule has 0 saturated carbocycles. The van der Waals surface area contributed by atoms with E-state index in [2.05, 4.69) is 22.8 Å². The zero-order valence-corrected chi connectivity index (χ0v) is 13.2. The third kappa shape index (κ3) is 13.6. The van der Waals surface area contributed by atoms with Gasteiger partial charge in [0.2, 0.25) is 0 Å². The second kappa shape index (κ2) is 13.6. The fourth-order valence-electron chi connectivity index (χ4n) is 1.24. The van der Waals surface area contributed by atoms with Gasteiger partial charge < -0.3 is 0 Å². The Kier molecular flexibility index (Phi) is 17.8. The van der Waals surface area contributed by atoms with E-state index < -0.39 is 0 Å². The SMILES string of the molecule is CCCCCP(P)CCCCC.[Au]. The van der Waals surface area contributed by atoms with Gasteiger partial charge in [0, 0.05) is 22.4 Å². The molecule has 0 rings (SSSR count). The molecule has 0 nitrogen and oxygen atoms in total. The van der Waals surface area contributed by atoms with Crippen LogP contribution in [0.1, 0.15) is 52.4 Å². The predicted octanol–water partition coefficient (Wildman–Crippen LogP) is 4.64. The number of unbranched alkanes of at least 4 members (excludes halogenated alkanes) is 4. The fraction of sp³-hybridized carbons (Fsp3) is 1.00. The van der Waals surface area contributed by atoms with Crippen molar-refractivity contribution in [2.45, 2.75) is 52.4 Å². The average molecular weight is 403 g/mol. The van der Waals surface area contributed by atoms with Crippen molar-refractivity contribution in [3.05, 3.63) is 0 Å². The first-order chi connectivity index (χ1) is 5.81. The first kappa shape index (κ1) is 17.0. The summed E-state index contributed by atoms with van der Waals surface area (Å²) in [5, 5.41) is 0. The van der Waals surface area contributed by atoms with E-state index >= 15 is 0 Å². The molecule has 85 valence electrons. The summed E-state index contributed by atoms with van der Waals surface area (Å²) in [6, 6.07) is 0. The summed E-state index contributed by atoms with van der Waals surface area (Å²) >= 11 is 0. The second-order valence-corrected chi connectivity index (χ2v) is 7.71. The average Bonchev–Trinajstić information content (AvgIpc) is 2.06. The summed E-state index contributed by atoms with van der Waals surface area (Å²) in [5.74, 6) is 0. The van der Waals surface area contributed by atoms with E-state index in [4.69, 9.17) is 0 Å². The van der Waals surface area contributed by atoms with E-state index in [0.29, 0.717) is 7.61 Å². The Morgan fingerprint density at radius 1 is 0.846 bits per heavy atom. The van der Waals surface area contributed by atoms with Gasteiger partial charge in [-0.05, 0) is 25.2 Å². The molecule has 0 aliphatic carbocycles. The van der Waals surface area contributed by atoms with Crippen LogP contribution in [0.4, 0.5) is 0 Å². The van der Waals surface area contributed by atoms with Crippen molar-refractivity contribution in [2.75, 3.05) is 12.3 Å². The van der Waals surface area contributed by atoms with E-state index in [-0.39, 0.29) is 22.4 Å². The van der Waals surface area contributed by atoms with Crippen LogP contribution in [-0.2, 0) is 22.4 Å². The Labute approximate surface area is 103 Å². The molecular formula is C10H24AuP2. The Hall–Kier alpha value is 1.60. The van der Waals surface area contributed by atoms with Gasteiger partial charge in [0.05, 0.1) is 0 Å². The summed E-state index contributed by atoms with van der Waals surface area (Å²) in [5.41, 5.74) is 0. The number of hydrogen-bond donors (Lipinski definition) is 0. The molecule has 0 aromatic carbocycles. The van der Waals surface area contributed by atoms with Gasteiger partial charge in [0.1, 0.15) is 0 Å². The van der Waals surface area contributed by atoms with Crippen molar-refractivity contribution in [3.63, 3.8) is 0 Å². The predicted molar refractivity (Wildman–Crippen MR) is 65.4 cm³/mol. The summed E-state index contributed by atoms with van der Waals surface area (Å²) in [6.45, 7) is 4.56. The van der Waals surface area contributed by atoms with Gasteiger partial charge in [-0.3, -0.25) is 0 Å². The zero-order chi connectivity index (χ0) is 9.23. The minimum atomic E-state index is 0. The van der Waals surface area contributed by atoms with Crippen LogP contribution in [0.5, 0.6) is 0 Å². The summed E-state index contributed by atoms with van der Waals surface area (Å²) in [7, 11) is 3.38. The minimum absolute atomic E-state index is 0. The summed E-state index contributed by atoms with van der Waals surface area (Å²) in [6.07, 6.45) is 11.5. The second-order valence-electron chi connectivity index (χ2n) is 3.45. The molecule has 0 aliphatic heterocycles. The number of rotatable bonds is 8. The van der Waals surface area contributed by atoms with E-state index in [9.17, 15) is 0 Å². The van der Waals surface area contributed by atoms with Crippen LogP contribution in [0.25, 0.3) is 0 Å². The molecule has 0 fully saturated rings. The maximum Gasteiger partial charge on any atom is 0 e. The van der Waals surface area contributed by atoms with E-state index in [1.165, 1.54) is 50.8 Å². The molecule has 1 unspecified atom stereocenters. The van der Waals surface area contributed by atoms with E-state index in [1.54, 1.807) is 0 Å². The third-order valence-electron chi connectivity index (χ3n) is 2.10.